The highest BCUT2D eigenvalue weighted by molar-refractivity contribution is 5.61. The summed E-state index contributed by atoms with van der Waals surface area (Å²) in [7, 11) is 0. The van der Waals surface area contributed by atoms with Gasteiger partial charge in [-0.3, -0.25) is 0 Å². The average Bonchev–Trinajstić information content (AvgIpc) is 2.19. The zero-order valence-electron chi connectivity index (χ0n) is 9.34. The number of allylic oxidation sites excluding steroid dienone is 1. The Morgan fingerprint density at radius 1 is 1.29 bits per heavy atom. The first-order valence-corrected chi connectivity index (χ1v) is 5.49. The minimum atomic E-state index is 1.15. The molecule has 14 heavy (non-hydrogen) atoms. The molecule has 0 unspecified atom stereocenters. The zero-order valence-corrected chi connectivity index (χ0v) is 9.34. The third-order valence-electron chi connectivity index (χ3n) is 2.49. The van der Waals surface area contributed by atoms with Gasteiger partial charge in [0.05, 0.1) is 0 Å². The van der Waals surface area contributed by atoms with Gasteiger partial charge < -0.3 is 0 Å². The summed E-state index contributed by atoms with van der Waals surface area (Å²) in [5.74, 6) is 0. The lowest BCUT2D eigenvalue weighted by Gasteiger charge is -2.04. The van der Waals surface area contributed by atoms with E-state index >= 15 is 0 Å². The molecule has 0 fully saturated rings. The summed E-state index contributed by atoms with van der Waals surface area (Å²) in [5.41, 5.74) is 3.88. The van der Waals surface area contributed by atoms with Crippen LogP contribution in [-0.4, -0.2) is 0 Å². The highest BCUT2D eigenvalue weighted by Crippen LogP contribution is 2.15. The lowest BCUT2D eigenvalue weighted by molar-refractivity contribution is 0.717. The molecule has 0 heteroatoms. The fourth-order valence-corrected chi connectivity index (χ4v) is 1.57. The highest BCUT2D eigenvalue weighted by Gasteiger charge is 1.96. The number of aryl methyl sites for hydroxylation is 1. The largest absolute Gasteiger partial charge is 0.0955 e. The molecule has 0 saturated carbocycles. The van der Waals surface area contributed by atoms with Crippen LogP contribution in [-0.2, 0) is 6.42 Å². The third kappa shape index (κ3) is 3.37. The molecule has 0 nitrogen and oxygen atoms in total. The molecule has 0 bridgehead atoms. The fraction of sp³-hybridized carbons (Fsp3) is 0.429. The maximum absolute atomic E-state index is 3.96. The second kappa shape index (κ2) is 5.64. The average molecular weight is 188 g/mol. The zero-order chi connectivity index (χ0) is 10.4. The van der Waals surface area contributed by atoms with E-state index < -0.39 is 0 Å². The van der Waals surface area contributed by atoms with Crippen molar-refractivity contribution >= 4 is 5.57 Å². The topological polar surface area (TPSA) is 0 Å². The molecule has 0 aliphatic carbocycles. The second-order valence-corrected chi connectivity index (χ2v) is 3.94. The minimum absolute atomic E-state index is 1.15. The van der Waals surface area contributed by atoms with Gasteiger partial charge in [-0.15, -0.1) is 0 Å². The lowest BCUT2D eigenvalue weighted by Crippen LogP contribution is -1.87. The first kappa shape index (κ1) is 11.0. The van der Waals surface area contributed by atoms with E-state index in [2.05, 4.69) is 44.7 Å². The van der Waals surface area contributed by atoms with Crippen molar-refractivity contribution in [3.8, 4) is 0 Å². The first-order valence-electron chi connectivity index (χ1n) is 5.49. The van der Waals surface area contributed by atoms with Gasteiger partial charge in [-0.2, -0.15) is 0 Å². The molecule has 0 aliphatic heterocycles. The molecule has 1 aromatic carbocycles. The molecule has 0 amide bonds. The molecule has 0 N–H and O–H groups in total. The molecule has 0 spiro atoms. The Balaban J connectivity index is 2.59. The maximum Gasteiger partial charge on any atom is -0.0231 e. The number of benzene rings is 1. The van der Waals surface area contributed by atoms with Crippen molar-refractivity contribution in [2.24, 2.45) is 0 Å². The summed E-state index contributed by atoms with van der Waals surface area (Å²) in [6.07, 6.45) is 5.13. The Labute approximate surface area is 87.7 Å². The van der Waals surface area contributed by atoms with E-state index in [-0.39, 0.29) is 0 Å². The summed E-state index contributed by atoms with van der Waals surface area (Å²) < 4.78 is 0. The molecule has 76 valence electrons. The summed E-state index contributed by atoms with van der Waals surface area (Å²) in [6, 6.07) is 8.73. The van der Waals surface area contributed by atoms with Gasteiger partial charge in [0.1, 0.15) is 0 Å². The quantitative estimate of drug-likeness (QED) is 0.599. The molecule has 0 aliphatic rings. The first-order chi connectivity index (χ1) is 6.74. The SMILES string of the molecule is C=C(C)c1cccc(CCCCC)c1. The summed E-state index contributed by atoms with van der Waals surface area (Å²) in [5, 5.41) is 0. The smallest absolute Gasteiger partial charge is 0.0231 e. The van der Waals surface area contributed by atoms with Crippen molar-refractivity contribution in [2.75, 3.05) is 0 Å². The molecule has 0 aromatic heterocycles. The van der Waals surface area contributed by atoms with Crippen LogP contribution in [0.1, 0.15) is 44.2 Å². The Morgan fingerprint density at radius 3 is 2.71 bits per heavy atom. The third-order valence-corrected chi connectivity index (χ3v) is 2.49. The standard InChI is InChI=1S/C14H20/c1-4-5-6-8-13-9-7-10-14(11-13)12(2)3/h7,9-11H,2,4-6,8H2,1,3H3. The van der Waals surface area contributed by atoms with E-state index in [1.165, 1.54) is 36.8 Å². The van der Waals surface area contributed by atoms with Crippen LogP contribution in [0, 0.1) is 0 Å². The number of rotatable bonds is 5. The van der Waals surface area contributed by atoms with Gasteiger partial charge in [0.25, 0.3) is 0 Å². The number of unbranched alkanes of at least 4 members (excludes halogenated alkanes) is 2. The predicted octanol–water partition coefficient (Wildman–Crippen LogP) is 4.45. The Morgan fingerprint density at radius 2 is 2.07 bits per heavy atom. The Bertz CT molecular complexity index is 297. The second-order valence-electron chi connectivity index (χ2n) is 3.94. The van der Waals surface area contributed by atoms with Crippen molar-refractivity contribution < 1.29 is 0 Å². The van der Waals surface area contributed by atoms with Crippen molar-refractivity contribution in [3.63, 3.8) is 0 Å². The van der Waals surface area contributed by atoms with E-state index in [1.807, 2.05) is 0 Å². The lowest BCUT2D eigenvalue weighted by atomic mass is 10.0. The van der Waals surface area contributed by atoms with Crippen LogP contribution in [0.5, 0.6) is 0 Å². The summed E-state index contributed by atoms with van der Waals surface area (Å²) >= 11 is 0. The number of hydrogen-bond donors (Lipinski definition) is 0. The molecule has 0 radical (unpaired) electrons. The van der Waals surface area contributed by atoms with Crippen LogP contribution in [0.15, 0.2) is 30.8 Å². The fourth-order valence-electron chi connectivity index (χ4n) is 1.57. The Hall–Kier alpha value is -1.04. The highest BCUT2D eigenvalue weighted by atomic mass is 14.0. The van der Waals surface area contributed by atoms with Crippen LogP contribution < -0.4 is 0 Å². The van der Waals surface area contributed by atoms with Crippen molar-refractivity contribution in [2.45, 2.75) is 39.5 Å². The normalized spacial score (nSPS) is 10.1. The maximum atomic E-state index is 3.96. The summed E-state index contributed by atoms with van der Waals surface area (Å²) in [4.78, 5) is 0. The van der Waals surface area contributed by atoms with Gasteiger partial charge in [0.15, 0.2) is 0 Å². The molecule has 1 rings (SSSR count). The van der Waals surface area contributed by atoms with Crippen LogP contribution in [0.2, 0.25) is 0 Å². The van der Waals surface area contributed by atoms with Gasteiger partial charge in [-0.1, -0.05) is 56.2 Å². The van der Waals surface area contributed by atoms with E-state index in [0.717, 1.165) is 5.57 Å². The van der Waals surface area contributed by atoms with Gasteiger partial charge in [0, 0.05) is 0 Å². The molecule has 0 heterocycles. The van der Waals surface area contributed by atoms with E-state index in [1.54, 1.807) is 0 Å². The van der Waals surface area contributed by atoms with Gasteiger partial charge in [-0.05, 0) is 30.9 Å². The minimum Gasteiger partial charge on any atom is -0.0955 e. The number of hydrogen-bond acceptors (Lipinski definition) is 0. The molecular formula is C14H20. The van der Waals surface area contributed by atoms with Crippen molar-refractivity contribution in [3.05, 3.63) is 42.0 Å². The molecular weight excluding hydrogens is 168 g/mol. The molecule has 0 atom stereocenters. The van der Waals surface area contributed by atoms with Gasteiger partial charge in [-0.25, -0.2) is 0 Å². The van der Waals surface area contributed by atoms with Crippen molar-refractivity contribution in [1.29, 1.82) is 0 Å². The van der Waals surface area contributed by atoms with E-state index in [0.29, 0.717) is 0 Å². The predicted molar refractivity (Wildman–Crippen MR) is 64.4 cm³/mol. The van der Waals surface area contributed by atoms with Crippen LogP contribution in [0.4, 0.5) is 0 Å². The van der Waals surface area contributed by atoms with Crippen LogP contribution in [0.3, 0.4) is 0 Å². The molecule has 0 saturated heterocycles. The Kier molecular flexibility index (Phi) is 4.45. The summed E-state index contributed by atoms with van der Waals surface area (Å²) in [6.45, 7) is 8.26. The van der Waals surface area contributed by atoms with Crippen LogP contribution >= 0.6 is 0 Å². The van der Waals surface area contributed by atoms with E-state index in [9.17, 15) is 0 Å². The van der Waals surface area contributed by atoms with Crippen molar-refractivity contribution in [1.82, 2.24) is 0 Å². The molecule has 1 aromatic rings. The van der Waals surface area contributed by atoms with E-state index in [4.69, 9.17) is 0 Å². The van der Waals surface area contributed by atoms with Gasteiger partial charge >= 0.3 is 0 Å². The van der Waals surface area contributed by atoms with Crippen LogP contribution in [0.25, 0.3) is 5.57 Å². The monoisotopic (exact) mass is 188 g/mol. The van der Waals surface area contributed by atoms with Gasteiger partial charge in [0.2, 0.25) is 0 Å².